The molecule has 4 heteroatoms. The molecule has 0 spiro atoms. The average molecular weight is 277 g/mol. The minimum Gasteiger partial charge on any atom is -0.393 e. The third-order valence-electron chi connectivity index (χ3n) is 3.68. The quantitative estimate of drug-likeness (QED) is 0.831. The van der Waals surface area contributed by atoms with Crippen molar-refractivity contribution in [3.63, 3.8) is 0 Å². The number of halogens is 1. The highest BCUT2D eigenvalue weighted by Gasteiger charge is 2.19. The molecule has 0 bridgehead atoms. The first-order valence-corrected chi connectivity index (χ1v) is 7.03. The Bertz CT molecular complexity index is 462. The maximum atomic E-state index is 12.7. The van der Waals surface area contributed by atoms with Crippen LogP contribution in [-0.2, 0) is 4.79 Å². The molecule has 0 heterocycles. The topological polar surface area (TPSA) is 49.3 Å². The predicted molar refractivity (Wildman–Crippen MR) is 76.4 cm³/mol. The van der Waals surface area contributed by atoms with Gasteiger partial charge >= 0.3 is 0 Å². The fourth-order valence-corrected chi connectivity index (χ4v) is 2.40. The molecule has 1 amide bonds. The van der Waals surface area contributed by atoms with Gasteiger partial charge in [0, 0.05) is 12.6 Å². The van der Waals surface area contributed by atoms with Crippen LogP contribution in [0.3, 0.4) is 0 Å². The zero-order valence-electron chi connectivity index (χ0n) is 11.4. The van der Waals surface area contributed by atoms with Crippen LogP contribution in [-0.4, -0.2) is 23.7 Å². The lowest BCUT2D eigenvalue weighted by Gasteiger charge is -2.25. The highest BCUT2D eigenvalue weighted by Crippen LogP contribution is 2.23. The molecule has 1 aromatic carbocycles. The van der Waals surface area contributed by atoms with Crippen molar-refractivity contribution in [2.24, 2.45) is 5.92 Å². The Morgan fingerprint density at radius 2 is 1.90 bits per heavy atom. The van der Waals surface area contributed by atoms with Crippen LogP contribution >= 0.6 is 0 Å². The predicted octanol–water partition coefficient (Wildman–Crippen LogP) is 2.51. The molecule has 1 fully saturated rings. The van der Waals surface area contributed by atoms with Gasteiger partial charge in [0.1, 0.15) is 5.82 Å². The Morgan fingerprint density at radius 1 is 1.25 bits per heavy atom. The normalized spacial score (nSPS) is 22.9. The molecule has 0 unspecified atom stereocenters. The van der Waals surface area contributed by atoms with E-state index in [1.54, 1.807) is 18.2 Å². The number of aliphatic hydroxyl groups is 1. The Labute approximate surface area is 118 Å². The van der Waals surface area contributed by atoms with Gasteiger partial charge in [0.15, 0.2) is 0 Å². The van der Waals surface area contributed by atoms with Crippen molar-refractivity contribution >= 4 is 12.0 Å². The molecule has 1 aliphatic carbocycles. The molecule has 1 aromatic rings. The number of aliphatic hydroxyl groups excluding tert-OH is 1. The number of carbonyl (C=O) groups is 1. The van der Waals surface area contributed by atoms with E-state index in [4.69, 9.17) is 0 Å². The summed E-state index contributed by atoms with van der Waals surface area (Å²) >= 11 is 0. The van der Waals surface area contributed by atoms with Crippen molar-refractivity contribution in [1.29, 1.82) is 0 Å². The Hall–Kier alpha value is -1.68. The first-order chi connectivity index (χ1) is 9.63. The minimum absolute atomic E-state index is 0.138. The van der Waals surface area contributed by atoms with E-state index in [9.17, 15) is 14.3 Å². The van der Waals surface area contributed by atoms with E-state index in [1.807, 2.05) is 0 Å². The number of benzene rings is 1. The van der Waals surface area contributed by atoms with Gasteiger partial charge in [0.05, 0.1) is 6.10 Å². The van der Waals surface area contributed by atoms with E-state index in [0.29, 0.717) is 12.5 Å². The second-order valence-corrected chi connectivity index (χ2v) is 5.30. The Balaban J connectivity index is 1.73. The average Bonchev–Trinajstić information content (AvgIpc) is 2.46. The number of amides is 1. The zero-order chi connectivity index (χ0) is 14.4. The highest BCUT2D eigenvalue weighted by atomic mass is 19.1. The van der Waals surface area contributed by atoms with Crippen molar-refractivity contribution in [2.75, 3.05) is 6.54 Å². The molecular weight excluding hydrogens is 257 g/mol. The number of nitrogens with one attached hydrogen (secondary N) is 1. The summed E-state index contributed by atoms with van der Waals surface area (Å²) in [6, 6.07) is 5.99. The zero-order valence-corrected chi connectivity index (χ0v) is 11.4. The molecule has 2 N–H and O–H groups in total. The third-order valence-corrected chi connectivity index (χ3v) is 3.68. The molecule has 2 rings (SSSR count). The van der Waals surface area contributed by atoms with Crippen LogP contribution in [0, 0.1) is 11.7 Å². The van der Waals surface area contributed by atoms with Crippen LogP contribution < -0.4 is 5.32 Å². The molecule has 0 radical (unpaired) electrons. The molecule has 0 aromatic heterocycles. The van der Waals surface area contributed by atoms with Crippen LogP contribution in [0.2, 0.25) is 0 Å². The summed E-state index contributed by atoms with van der Waals surface area (Å²) in [6.07, 6.45) is 6.54. The van der Waals surface area contributed by atoms with E-state index in [0.717, 1.165) is 31.2 Å². The van der Waals surface area contributed by atoms with E-state index < -0.39 is 0 Å². The second-order valence-electron chi connectivity index (χ2n) is 5.30. The van der Waals surface area contributed by atoms with Crippen molar-refractivity contribution in [1.82, 2.24) is 5.32 Å². The summed E-state index contributed by atoms with van der Waals surface area (Å²) in [5, 5.41) is 12.3. The maximum Gasteiger partial charge on any atom is 0.244 e. The van der Waals surface area contributed by atoms with Crippen molar-refractivity contribution < 1.29 is 14.3 Å². The fourth-order valence-electron chi connectivity index (χ4n) is 2.40. The van der Waals surface area contributed by atoms with Gasteiger partial charge in [-0.3, -0.25) is 4.79 Å². The van der Waals surface area contributed by atoms with Gasteiger partial charge in [-0.15, -0.1) is 0 Å². The molecule has 0 atom stereocenters. The maximum absolute atomic E-state index is 12.7. The second kappa shape index (κ2) is 7.20. The lowest BCUT2D eigenvalue weighted by Crippen LogP contribution is -2.31. The van der Waals surface area contributed by atoms with Gasteiger partial charge in [-0.2, -0.15) is 0 Å². The van der Waals surface area contributed by atoms with Crippen LogP contribution in [0.15, 0.2) is 30.3 Å². The molecule has 20 heavy (non-hydrogen) atoms. The van der Waals surface area contributed by atoms with Gasteiger partial charge in [0.2, 0.25) is 5.91 Å². The Morgan fingerprint density at radius 3 is 2.55 bits per heavy atom. The summed E-state index contributed by atoms with van der Waals surface area (Å²) in [7, 11) is 0. The number of carbonyl (C=O) groups excluding carboxylic acids is 1. The SMILES string of the molecule is O=C(/C=C/c1ccc(F)cc1)NCC1CCC(O)CC1. The van der Waals surface area contributed by atoms with Crippen molar-refractivity contribution in [3.8, 4) is 0 Å². The smallest absolute Gasteiger partial charge is 0.244 e. The molecule has 1 saturated carbocycles. The summed E-state index contributed by atoms with van der Waals surface area (Å²) in [5.74, 6) is 0.0353. The monoisotopic (exact) mass is 277 g/mol. The van der Waals surface area contributed by atoms with Crippen LogP contribution in [0.25, 0.3) is 6.08 Å². The van der Waals surface area contributed by atoms with Crippen LogP contribution in [0.1, 0.15) is 31.2 Å². The minimum atomic E-state index is -0.286. The molecule has 1 aliphatic rings. The van der Waals surface area contributed by atoms with E-state index in [2.05, 4.69) is 5.32 Å². The van der Waals surface area contributed by atoms with Gasteiger partial charge in [0.25, 0.3) is 0 Å². The van der Waals surface area contributed by atoms with Crippen LogP contribution in [0.5, 0.6) is 0 Å². The first-order valence-electron chi connectivity index (χ1n) is 7.03. The van der Waals surface area contributed by atoms with E-state index in [1.165, 1.54) is 18.2 Å². The summed E-state index contributed by atoms with van der Waals surface area (Å²) in [6.45, 7) is 0.652. The van der Waals surface area contributed by atoms with E-state index in [-0.39, 0.29) is 17.8 Å². The Kier molecular flexibility index (Phi) is 5.30. The van der Waals surface area contributed by atoms with E-state index >= 15 is 0 Å². The lowest BCUT2D eigenvalue weighted by atomic mass is 9.87. The van der Waals surface area contributed by atoms with Crippen molar-refractivity contribution in [2.45, 2.75) is 31.8 Å². The lowest BCUT2D eigenvalue weighted by molar-refractivity contribution is -0.116. The van der Waals surface area contributed by atoms with Crippen molar-refractivity contribution in [3.05, 3.63) is 41.7 Å². The summed E-state index contributed by atoms with van der Waals surface area (Å²) in [4.78, 5) is 11.7. The molecule has 108 valence electrons. The van der Waals surface area contributed by atoms with Gasteiger partial charge < -0.3 is 10.4 Å². The van der Waals surface area contributed by atoms with Gasteiger partial charge in [-0.1, -0.05) is 12.1 Å². The fraction of sp³-hybridized carbons (Fsp3) is 0.438. The number of rotatable bonds is 4. The van der Waals surface area contributed by atoms with Gasteiger partial charge in [-0.25, -0.2) is 4.39 Å². The molecule has 0 aliphatic heterocycles. The molecular formula is C16H20FNO2. The number of hydrogen-bond acceptors (Lipinski definition) is 2. The first kappa shape index (κ1) is 14.7. The number of hydrogen-bond donors (Lipinski definition) is 2. The molecule has 3 nitrogen and oxygen atoms in total. The largest absolute Gasteiger partial charge is 0.393 e. The van der Waals surface area contributed by atoms with Crippen LogP contribution in [0.4, 0.5) is 4.39 Å². The standard InChI is InChI=1S/C16H20FNO2/c17-14-6-1-12(2-7-14)5-10-16(20)18-11-13-3-8-15(19)9-4-13/h1-2,5-7,10,13,15,19H,3-4,8-9,11H2,(H,18,20)/b10-5+. The summed E-state index contributed by atoms with van der Waals surface area (Å²) < 4.78 is 12.7. The highest BCUT2D eigenvalue weighted by molar-refractivity contribution is 5.91. The third kappa shape index (κ3) is 4.78. The molecule has 0 saturated heterocycles. The summed E-state index contributed by atoms with van der Waals surface area (Å²) in [5.41, 5.74) is 0.794. The van der Waals surface area contributed by atoms with Gasteiger partial charge in [-0.05, 0) is 55.4 Å².